The van der Waals surface area contributed by atoms with E-state index in [0.29, 0.717) is 35.4 Å². The fraction of sp³-hybridized carbons (Fsp3) is 0.611. The highest BCUT2D eigenvalue weighted by Crippen LogP contribution is 2.52. The smallest absolute Gasteiger partial charge is 0.410 e. The van der Waals surface area contributed by atoms with Gasteiger partial charge in [-0.3, -0.25) is 4.79 Å². The molecule has 8 heteroatoms. The second-order valence-corrected chi connectivity index (χ2v) is 16.2. The number of hydrogen-bond donors (Lipinski definition) is 1. The number of likely N-dealkylation sites (tertiary alicyclic amines) is 2. The van der Waals surface area contributed by atoms with Gasteiger partial charge in [-0.15, -0.1) is 11.3 Å². The minimum absolute atomic E-state index is 0.140. The maximum absolute atomic E-state index is 13.6. The third-order valence-electron chi connectivity index (χ3n) is 10.7. The topological polar surface area (TPSA) is 65.1 Å². The zero-order valence-corrected chi connectivity index (χ0v) is 27.8. The van der Waals surface area contributed by atoms with E-state index in [4.69, 9.17) is 4.74 Å². The first-order valence-electron chi connectivity index (χ1n) is 16.6. The molecule has 1 aromatic heterocycles. The highest BCUT2D eigenvalue weighted by atomic mass is 32.1. The van der Waals surface area contributed by atoms with Gasteiger partial charge >= 0.3 is 6.09 Å². The van der Waals surface area contributed by atoms with E-state index in [1.165, 1.54) is 27.3 Å². The molecule has 0 saturated carbocycles. The SMILES string of the molecule is C=C(C(=O)N1C2CCC1CC2)c1cc2c(s1)NC(c1cc(C)cc(C)c1)C2CCN1CC2CN(C(=O)OC(C)(C)C)CC2C1. The van der Waals surface area contributed by atoms with Gasteiger partial charge in [0.05, 0.1) is 11.0 Å². The number of carbonyl (C=O) groups excluding carboxylic acids is 2. The van der Waals surface area contributed by atoms with Crippen molar-refractivity contribution in [3.05, 3.63) is 58.0 Å². The van der Waals surface area contributed by atoms with Crippen molar-refractivity contribution >= 4 is 33.9 Å². The third kappa shape index (κ3) is 5.57. The Labute approximate surface area is 266 Å². The molecule has 6 heterocycles. The van der Waals surface area contributed by atoms with Crippen molar-refractivity contribution in [2.45, 2.75) is 96.4 Å². The average molecular weight is 617 g/mol. The maximum Gasteiger partial charge on any atom is 0.410 e. The van der Waals surface area contributed by atoms with Crippen molar-refractivity contribution in [1.29, 1.82) is 0 Å². The number of anilines is 1. The van der Waals surface area contributed by atoms with Crippen LogP contribution in [0.4, 0.5) is 9.80 Å². The van der Waals surface area contributed by atoms with Crippen LogP contribution in [0.15, 0.2) is 30.8 Å². The van der Waals surface area contributed by atoms with Crippen molar-refractivity contribution in [3.8, 4) is 0 Å². The molecule has 2 aromatic rings. The summed E-state index contributed by atoms with van der Waals surface area (Å²) in [5, 5.41) is 5.09. The predicted molar refractivity (Wildman–Crippen MR) is 177 cm³/mol. The Hall–Kier alpha value is -2.84. The van der Waals surface area contributed by atoms with E-state index in [9.17, 15) is 9.59 Å². The Morgan fingerprint density at radius 1 is 0.955 bits per heavy atom. The molecule has 236 valence electrons. The van der Waals surface area contributed by atoms with Gasteiger partial charge in [-0.25, -0.2) is 4.79 Å². The summed E-state index contributed by atoms with van der Waals surface area (Å²) in [7, 11) is 0. The first-order chi connectivity index (χ1) is 20.9. The van der Waals surface area contributed by atoms with Crippen LogP contribution in [-0.2, 0) is 9.53 Å². The molecule has 1 aromatic carbocycles. The normalized spacial score (nSPS) is 29.2. The van der Waals surface area contributed by atoms with E-state index in [1.807, 2.05) is 25.7 Å². The van der Waals surface area contributed by atoms with Crippen LogP contribution in [0, 0.1) is 25.7 Å². The number of ether oxygens (including phenoxy) is 1. The predicted octanol–water partition coefficient (Wildman–Crippen LogP) is 6.97. The minimum atomic E-state index is -0.462. The number of benzene rings is 1. The first-order valence-corrected chi connectivity index (χ1v) is 17.5. The Morgan fingerprint density at radius 2 is 1.57 bits per heavy atom. The van der Waals surface area contributed by atoms with Gasteiger partial charge in [0.25, 0.3) is 5.91 Å². The third-order valence-corrected chi connectivity index (χ3v) is 11.8. The van der Waals surface area contributed by atoms with Crippen LogP contribution in [-0.4, -0.2) is 77.1 Å². The van der Waals surface area contributed by atoms with Gasteiger partial charge in [0.1, 0.15) is 5.60 Å². The number of nitrogens with one attached hydrogen (secondary N) is 1. The fourth-order valence-corrected chi connectivity index (χ4v) is 9.90. The summed E-state index contributed by atoms with van der Waals surface area (Å²) in [5.74, 6) is 1.48. The second kappa shape index (κ2) is 11.2. The van der Waals surface area contributed by atoms with Gasteiger partial charge in [-0.1, -0.05) is 35.9 Å². The summed E-state index contributed by atoms with van der Waals surface area (Å²) < 4.78 is 5.65. The summed E-state index contributed by atoms with van der Waals surface area (Å²) in [6.45, 7) is 19.1. The Balaban J connectivity index is 1.05. The summed E-state index contributed by atoms with van der Waals surface area (Å²) in [4.78, 5) is 33.9. The summed E-state index contributed by atoms with van der Waals surface area (Å²) in [6, 6.07) is 10.2. The molecule has 4 saturated heterocycles. The molecule has 2 bridgehead atoms. The molecule has 1 N–H and O–H groups in total. The van der Waals surface area contributed by atoms with E-state index in [-0.39, 0.29) is 18.0 Å². The number of thiophene rings is 1. The molecule has 4 unspecified atom stereocenters. The Morgan fingerprint density at radius 3 is 2.16 bits per heavy atom. The van der Waals surface area contributed by atoms with E-state index in [2.05, 4.69) is 59.8 Å². The number of nitrogens with zero attached hydrogens (tertiary/aromatic N) is 3. The van der Waals surface area contributed by atoms with Gasteiger partial charge in [0.15, 0.2) is 0 Å². The molecule has 44 heavy (non-hydrogen) atoms. The number of amides is 2. The lowest BCUT2D eigenvalue weighted by atomic mass is 9.87. The average Bonchev–Trinajstić information content (AvgIpc) is 3.77. The highest BCUT2D eigenvalue weighted by molar-refractivity contribution is 7.17. The first kappa shape index (κ1) is 29.8. The molecule has 4 atom stereocenters. The van der Waals surface area contributed by atoms with Gasteiger partial charge in [0, 0.05) is 54.6 Å². The minimum Gasteiger partial charge on any atom is -0.444 e. The molecule has 0 spiro atoms. The monoisotopic (exact) mass is 616 g/mol. The Bertz CT molecular complexity index is 1420. The van der Waals surface area contributed by atoms with Crippen LogP contribution in [0.1, 0.15) is 92.0 Å². The van der Waals surface area contributed by atoms with Crippen molar-refractivity contribution < 1.29 is 14.3 Å². The molecule has 5 aliphatic heterocycles. The fourth-order valence-electron chi connectivity index (χ4n) is 8.77. The number of fused-ring (bicyclic) bond motifs is 4. The van der Waals surface area contributed by atoms with Crippen molar-refractivity contribution in [3.63, 3.8) is 0 Å². The van der Waals surface area contributed by atoms with Crippen molar-refractivity contribution in [2.75, 3.05) is 38.0 Å². The van der Waals surface area contributed by atoms with Crippen LogP contribution in [0.25, 0.3) is 5.57 Å². The lowest BCUT2D eigenvalue weighted by Crippen LogP contribution is -2.37. The maximum atomic E-state index is 13.6. The molecule has 7 nitrogen and oxygen atoms in total. The number of aryl methyl sites for hydroxylation is 2. The number of hydrogen-bond acceptors (Lipinski definition) is 6. The van der Waals surface area contributed by atoms with E-state index in [1.54, 1.807) is 11.3 Å². The highest BCUT2D eigenvalue weighted by Gasteiger charge is 2.45. The number of rotatable bonds is 6. The molecular formula is C36H48N4O3S. The van der Waals surface area contributed by atoms with Gasteiger partial charge in [-0.2, -0.15) is 0 Å². The lowest BCUT2D eigenvalue weighted by Gasteiger charge is -2.27. The van der Waals surface area contributed by atoms with Crippen LogP contribution in [0.2, 0.25) is 0 Å². The molecule has 2 amide bonds. The zero-order valence-electron chi connectivity index (χ0n) is 27.0. The van der Waals surface area contributed by atoms with Crippen molar-refractivity contribution in [2.24, 2.45) is 11.8 Å². The second-order valence-electron chi connectivity index (χ2n) is 15.2. The lowest BCUT2D eigenvalue weighted by molar-refractivity contribution is -0.126. The quantitative estimate of drug-likeness (QED) is 0.355. The molecule has 0 aliphatic carbocycles. The van der Waals surface area contributed by atoms with Gasteiger partial charge in [0.2, 0.25) is 0 Å². The molecule has 0 radical (unpaired) electrons. The van der Waals surface area contributed by atoms with Crippen LogP contribution >= 0.6 is 11.3 Å². The molecule has 4 fully saturated rings. The molecule has 7 rings (SSSR count). The van der Waals surface area contributed by atoms with E-state index < -0.39 is 5.60 Å². The number of carbonyl (C=O) groups is 2. The summed E-state index contributed by atoms with van der Waals surface area (Å²) >= 11 is 1.71. The Kier molecular flexibility index (Phi) is 7.60. The summed E-state index contributed by atoms with van der Waals surface area (Å²) in [6.07, 6.45) is 5.43. The van der Waals surface area contributed by atoms with Crippen molar-refractivity contribution in [1.82, 2.24) is 14.7 Å². The van der Waals surface area contributed by atoms with Gasteiger partial charge in [-0.05, 0) is 102 Å². The zero-order chi connectivity index (χ0) is 30.9. The molecule has 5 aliphatic rings. The van der Waals surface area contributed by atoms with E-state index in [0.717, 1.165) is 69.7 Å². The van der Waals surface area contributed by atoms with Crippen LogP contribution in [0.5, 0.6) is 0 Å². The largest absolute Gasteiger partial charge is 0.444 e. The van der Waals surface area contributed by atoms with Crippen LogP contribution in [0.3, 0.4) is 0 Å². The van der Waals surface area contributed by atoms with Crippen LogP contribution < -0.4 is 5.32 Å². The standard InChI is InChI=1S/C36H48N4O3S/c1-21-13-22(2)15-24(14-21)32-29(11-12-38-17-25-19-39(20-26(25)18-38)35(42)43-36(4,5)6)30-16-31(44-33(30)37-32)23(3)34(41)40-27-7-8-28(40)10-9-27/h13-16,25-29,32,37H,3,7-12,17-20H2,1-2,4-6H3. The molecular weight excluding hydrogens is 568 g/mol. The van der Waals surface area contributed by atoms with Gasteiger partial charge < -0.3 is 24.8 Å². The van der Waals surface area contributed by atoms with E-state index >= 15 is 0 Å². The summed E-state index contributed by atoms with van der Waals surface area (Å²) in [5.41, 5.74) is 5.45.